The molecule has 0 N–H and O–H groups in total. The first kappa shape index (κ1) is 29.6. The summed E-state index contributed by atoms with van der Waals surface area (Å²) in [5.41, 5.74) is 16.3. The van der Waals surface area contributed by atoms with Crippen LogP contribution in [0.15, 0.2) is 140 Å². The zero-order valence-corrected chi connectivity index (χ0v) is 29.1. The summed E-state index contributed by atoms with van der Waals surface area (Å²) in [6.45, 7) is 0.732. The van der Waals surface area contributed by atoms with E-state index in [0.29, 0.717) is 0 Å². The van der Waals surface area contributed by atoms with Gasteiger partial charge in [0.15, 0.2) is 0 Å². The summed E-state index contributed by atoms with van der Waals surface area (Å²) < 4.78 is 6.23. The van der Waals surface area contributed by atoms with Gasteiger partial charge in [-0.25, -0.2) is 0 Å². The molecule has 5 aliphatic carbocycles. The van der Waals surface area contributed by atoms with Gasteiger partial charge in [0.25, 0.3) is 0 Å². The fraction of sp³-hybridized carbons (Fsp3) is 0.265. The van der Waals surface area contributed by atoms with E-state index in [2.05, 4.69) is 144 Å². The summed E-state index contributed by atoms with van der Waals surface area (Å²) in [7, 11) is 0. The first-order chi connectivity index (χ1) is 25.3. The Bertz CT molecular complexity index is 2270. The highest BCUT2D eigenvalue weighted by Crippen LogP contribution is 2.70. The summed E-state index contributed by atoms with van der Waals surface area (Å²) in [6.07, 6.45) is 9.01. The lowest BCUT2D eigenvalue weighted by Gasteiger charge is -2.61. The average molecular weight is 662 g/mol. The number of fused-ring (bicyclic) bond motifs is 6. The third-order valence-corrected chi connectivity index (χ3v) is 13.4. The molecule has 0 unspecified atom stereocenters. The lowest BCUT2D eigenvalue weighted by Crippen LogP contribution is -2.55. The van der Waals surface area contributed by atoms with Crippen LogP contribution in [0.4, 0.5) is 17.1 Å². The van der Waals surface area contributed by atoms with Crippen LogP contribution in [0.1, 0.15) is 55.2 Å². The van der Waals surface area contributed by atoms with Gasteiger partial charge >= 0.3 is 0 Å². The van der Waals surface area contributed by atoms with Crippen LogP contribution in [0.5, 0.6) is 5.75 Å². The molecule has 250 valence electrons. The molecule has 6 aliphatic rings. The van der Waals surface area contributed by atoms with Crippen LogP contribution in [0.3, 0.4) is 0 Å². The number of rotatable bonds is 4. The van der Waals surface area contributed by atoms with Gasteiger partial charge in [-0.1, -0.05) is 109 Å². The molecule has 0 aromatic heterocycles. The maximum Gasteiger partial charge on any atom is 0.127 e. The van der Waals surface area contributed by atoms with Gasteiger partial charge in [-0.3, -0.25) is 0 Å². The van der Waals surface area contributed by atoms with Crippen LogP contribution >= 0.6 is 0 Å². The summed E-state index contributed by atoms with van der Waals surface area (Å²) >= 11 is 0. The van der Waals surface area contributed by atoms with Gasteiger partial charge in [0.05, 0.1) is 18.0 Å². The van der Waals surface area contributed by atoms with E-state index < -0.39 is 0 Å². The maximum absolute atomic E-state index is 6.23. The monoisotopic (exact) mass is 661 g/mol. The number of aryl methyl sites for hydroxylation is 1. The molecule has 4 saturated carbocycles. The third-order valence-electron chi connectivity index (χ3n) is 13.4. The molecule has 2 nitrogen and oxygen atoms in total. The fourth-order valence-electron chi connectivity index (χ4n) is 11.8. The largest absolute Gasteiger partial charge is 0.493 e. The second-order valence-corrected chi connectivity index (χ2v) is 15.9. The SMILES string of the molecule is c1ccc(-c2ccccc2N(c2ccc3c(c2)CCCOc2ccccc2-3)c2cccc3c2-c2ccccc2C32C3CC4CC(C3)CC2C4)cc1. The average Bonchev–Trinajstić information content (AvgIpc) is 3.47. The van der Waals surface area contributed by atoms with Crippen molar-refractivity contribution in [2.75, 3.05) is 11.5 Å². The van der Waals surface area contributed by atoms with E-state index in [-0.39, 0.29) is 5.41 Å². The molecule has 6 aromatic carbocycles. The highest BCUT2D eigenvalue weighted by molar-refractivity contribution is 5.98. The molecule has 0 radical (unpaired) electrons. The highest BCUT2D eigenvalue weighted by Gasteiger charge is 2.61. The van der Waals surface area contributed by atoms with Gasteiger partial charge in [-0.2, -0.15) is 0 Å². The molecule has 51 heavy (non-hydrogen) atoms. The minimum atomic E-state index is 0.121. The molecule has 0 atom stereocenters. The molecule has 1 aliphatic heterocycles. The summed E-state index contributed by atoms with van der Waals surface area (Å²) in [6, 6.07) is 52.6. The van der Waals surface area contributed by atoms with Crippen molar-refractivity contribution in [3.8, 4) is 39.1 Å². The van der Waals surface area contributed by atoms with Crippen LogP contribution in [-0.4, -0.2) is 6.61 Å². The lowest BCUT2D eigenvalue weighted by atomic mass is 9.43. The second-order valence-electron chi connectivity index (χ2n) is 15.9. The van der Waals surface area contributed by atoms with E-state index in [1.54, 1.807) is 11.1 Å². The molecule has 2 heteroatoms. The van der Waals surface area contributed by atoms with Crippen molar-refractivity contribution in [1.82, 2.24) is 0 Å². The van der Waals surface area contributed by atoms with E-state index in [4.69, 9.17) is 4.74 Å². The first-order valence-corrected chi connectivity index (χ1v) is 19.3. The highest BCUT2D eigenvalue weighted by atomic mass is 16.5. The maximum atomic E-state index is 6.23. The first-order valence-electron chi connectivity index (χ1n) is 19.3. The minimum Gasteiger partial charge on any atom is -0.493 e. The second kappa shape index (κ2) is 11.5. The number of benzene rings is 6. The summed E-state index contributed by atoms with van der Waals surface area (Å²) in [5, 5.41) is 0. The van der Waals surface area contributed by atoms with Crippen LogP contribution in [-0.2, 0) is 11.8 Å². The topological polar surface area (TPSA) is 12.5 Å². The van der Waals surface area contributed by atoms with E-state index in [1.165, 1.54) is 88.1 Å². The van der Waals surface area contributed by atoms with Crippen LogP contribution in [0.25, 0.3) is 33.4 Å². The summed E-state index contributed by atoms with van der Waals surface area (Å²) in [4.78, 5) is 2.61. The smallest absolute Gasteiger partial charge is 0.127 e. The Labute approximate surface area is 301 Å². The van der Waals surface area contributed by atoms with Gasteiger partial charge in [0, 0.05) is 27.8 Å². The third kappa shape index (κ3) is 4.35. The van der Waals surface area contributed by atoms with Gasteiger partial charge in [0.1, 0.15) is 5.75 Å². The number of nitrogens with zero attached hydrogens (tertiary/aromatic N) is 1. The molecule has 0 amide bonds. The Hall–Kier alpha value is -5.08. The molecular weight excluding hydrogens is 619 g/mol. The molecule has 1 heterocycles. The van der Waals surface area contributed by atoms with Crippen LogP contribution in [0, 0.1) is 23.7 Å². The van der Waals surface area contributed by atoms with Crippen molar-refractivity contribution >= 4 is 17.1 Å². The normalized spacial score (nSPS) is 24.9. The molecule has 1 spiro atoms. The molecule has 4 bridgehead atoms. The van der Waals surface area contributed by atoms with Crippen molar-refractivity contribution in [3.05, 3.63) is 156 Å². The Morgan fingerprint density at radius 2 is 1.20 bits per heavy atom. The Morgan fingerprint density at radius 3 is 2.02 bits per heavy atom. The van der Waals surface area contributed by atoms with Crippen molar-refractivity contribution in [3.63, 3.8) is 0 Å². The lowest BCUT2D eigenvalue weighted by molar-refractivity contribution is -0.0399. The van der Waals surface area contributed by atoms with E-state index >= 15 is 0 Å². The summed E-state index contributed by atoms with van der Waals surface area (Å²) in [5.74, 6) is 4.29. The number of anilines is 3. The van der Waals surface area contributed by atoms with Gasteiger partial charge in [-0.05, 0) is 132 Å². The molecular formula is C49H43NO. The van der Waals surface area contributed by atoms with Gasteiger partial charge in [0.2, 0.25) is 0 Å². The molecule has 6 aromatic rings. The fourth-order valence-corrected chi connectivity index (χ4v) is 11.8. The van der Waals surface area contributed by atoms with E-state index in [1.807, 2.05) is 0 Å². The Kier molecular flexibility index (Phi) is 6.66. The predicted octanol–water partition coefficient (Wildman–Crippen LogP) is 12.5. The van der Waals surface area contributed by atoms with Crippen LogP contribution < -0.4 is 9.64 Å². The van der Waals surface area contributed by atoms with E-state index in [9.17, 15) is 0 Å². The van der Waals surface area contributed by atoms with E-state index in [0.717, 1.165) is 48.9 Å². The Morgan fingerprint density at radius 1 is 0.529 bits per heavy atom. The number of hydrogen-bond acceptors (Lipinski definition) is 2. The molecule has 12 rings (SSSR count). The standard InChI is InChI=1S/C49H43NO/c1-2-12-34(13-3-1)40-15-5-8-20-45(40)50(38-23-24-39-35(31-38)14-11-25-51-47-22-9-6-16-41(39)47)46-21-10-19-44-48(46)42-17-4-7-18-43(42)49(44)36-27-32-26-33(29-36)30-37(49)28-32/h1-10,12-13,15-24,31-33,36-37H,11,14,25-30H2. The zero-order valence-electron chi connectivity index (χ0n) is 29.1. The van der Waals surface area contributed by atoms with Crippen molar-refractivity contribution in [2.24, 2.45) is 23.7 Å². The van der Waals surface area contributed by atoms with Gasteiger partial charge in [-0.15, -0.1) is 0 Å². The van der Waals surface area contributed by atoms with Crippen molar-refractivity contribution < 1.29 is 4.74 Å². The zero-order chi connectivity index (χ0) is 33.5. The van der Waals surface area contributed by atoms with Crippen molar-refractivity contribution in [1.29, 1.82) is 0 Å². The number of para-hydroxylation sites is 2. The minimum absolute atomic E-state index is 0.121. The quantitative estimate of drug-likeness (QED) is 0.186. The predicted molar refractivity (Wildman–Crippen MR) is 209 cm³/mol. The Balaban J connectivity index is 1.17. The molecule has 4 fully saturated rings. The van der Waals surface area contributed by atoms with Crippen molar-refractivity contribution in [2.45, 2.75) is 50.4 Å². The molecule has 0 saturated heterocycles. The number of hydrogen-bond donors (Lipinski definition) is 0. The van der Waals surface area contributed by atoms with Crippen LogP contribution in [0.2, 0.25) is 0 Å². The van der Waals surface area contributed by atoms with Gasteiger partial charge < -0.3 is 9.64 Å². The number of ether oxygens (including phenoxy) is 1.